The lowest BCUT2D eigenvalue weighted by molar-refractivity contribution is 0.581. The fourth-order valence-corrected chi connectivity index (χ4v) is 1.86. The number of sulfonamides is 1. The molecule has 0 amide bonds. The minimum Gasteiger partial charge on any atom is -0.329 e. The number of hydrogen-bond donors (Lipinski definition) is 2. The van der Waals surface area contributed by atoms with Crippen LogP contribution in [0.5, 0.6) is 0 Å². The van der Waals surface area contributed by atoms with Crippen molar-refractivity contribution in [2.24, 2.45) is 5.73 Å². The van der Waals surface area contributed by atoms with Gasteiger partial charge in [-0.1, -0.05) is 12.1 Å². The van der Waals surface area contributed by atoms with Crippen molar-refractivity contribution in [2.45, 2.75) is 6.54 Å². The average molecular weight is 232 g/mol. The van der Waals surface area contributed by atoms with Crippen molar-refractivity contribution in [1.82, 2.24) is 4.72 Å². The third kappa shape index (κ3) is 4.37. The molecule has 0 aliphatic carbocycles. The highest BCUT2D eigenvalue weighted by atomic mass is 32.2. The Morgan fingerprint density at radius 2 is 1.87 bits per heavy atom. The molecular formula is C9H13FN2O2S. The number of nitrogens with one attached hydrogen (secondary N) is 1. The Labute approximate surface area is 88.3 Å². The highest BCUT2D eigenvalue weighted by molar-refractivity contribution is 7.89. The number of halogens is 1. The van der Waals surface area contributed by atoms with Crippen molar-refractivity contribution in [3.8, 4) is 0 Å². The van der Waals surface area contributed by atoms with Gasteiger partial charge in [-0.25, -0.2) is 17.5 Å². The molecule has 0 saturated heterocycles. The maximum atomic E-state index is 12.5. The zero-order chi connectivity index (χ0) is 11.3. The third-order valence-electron chi connectivity index (χ3n) is 1.80. The second-order valence-electron chi connectivity index (χ2n) is 3.06. The number of benzene rings is 1. The van der Waals surface area contributed by atoms with Gasteiger partial charge >= 0.3 is 0 Å². The van der Waals surface area contributed by atoms with E-state index in [9.17, 15) is 12.8 Å². The summed E-state index contributed by atoms with van der Waals surface area (Å²) in [7, 11) is -3.31. The van der Waals surface area contributed by atoms with E-state index in [4.69, 9.17) is 5.73 Å². The van der Waals surface area contributed by atoms with Gasteiger partial charge in [0.15, 0.2) is 0 Å². The lowest BCUT2D eigenvalue weighted by atomic mass is 10.2. The van der Waals surface area contributed by atoms with Crippen LogP contribution < -0.4 is 10.5 Å². The lowest BCUT2D eigenvalue weighted by Crippen LogP contribution is -2.29. The van der Waals surface area contributed by atoms with Crippen LogP contribution in [0.1, 0.15) is 5.56 Å². The van der Waals surface area contributed by atoms with Crippen LogP contribution in [0.25, 0.3) is 0 Å². The molecule has 0 heterocycles. The van der Waals surface area contributed by atoms with Gasteiger partial charge in [0.2, 0.25) is 10.0 Å². The molecule has 15 heavy (non-hydrogen) atoms. The molecule has 0 aliphatic heterocycles. The smallest absolute Gasteiger partial charge is 0.213 e. The van der Waals surface area contributed by atoms with Crippen molar-refractivity contribution in [3.63, 3.8) is 0 Å². The molecule has 0 radical (unpaired) electrons. The van der Waals surface area contributed by atoms with Gasteiger partial charge in [-0.15, -0.1) is 0 Å². The largest absolute Gasteiger partial charge is 0.329 e. The summed E-state index contributed by atoms with van der Waals surface area (Å²) in [6.07, 6.45) is 0. The Kier molecular flexibility index (Phi) is 4.19. The Morgan fingerprint density at radius 3 is 2.40 bits per heavy atom. The average Bonchev–Trinajstić information content (AvgIpc) is 2.17. The van der Waals surface area contributed by atoms with Gasteiger partial charge in [-0.3, -0.25) is 0 Å². The maximum Gasteiger partial charge on any atom is 0.213 e. The minimum absolute atomic E-state index is 0.0821. The van der Waals surface area contributed by atoms with Crippen LogP contribution in [0.2, 0.25) is 0 Å². The van der Waals surface area contributed by atoms with E-state index in [0.717, 1.165) is 0 Å². The van der Waals surface area contributed by atoms with Crippen LogP contribution in [0.15, 0.2) is 24.3 Å². The Hall–Kier alpha value is -0.980. The molecule has 0 fully saturated rings. The van der Waals surface area contributed by atoms with E-state index in [1.807, 2.05) is 0 Å². The van der Waals surface area contributed by atoms with Gasteiger partial charge in [0.1, 0.15) is 5.82 Å². The molecule has 0 aliphatic rings. The zero-order valence-corrected chi connectivity index (χ0v) is 8.93. The van der Waals surface area contributed by atoms with E-state index in [1.165, 1.54) is 24.3 Å². The SMILES string of the molecule is NCCS(=O)(=O)NCc1ccc(F)cc1. The fourth-order valence-electron chi connectivity index (χ4n) is 1.02. The zero-order valence-electron chi connectivity index (χ0n) is 8.11. The van der Waals surface area contributed by atoms with E-state index >= 15 is 0 Å². The van der Waals surface area contributed by atoms with Crippen LogP contribution >= 0.6 is 0 Å². The summed E-state index contributed by atoms with van der Waals surface area (Å²) in [5, 5.41) is 0. The second-order valence-corrected chi connectivity index (χ2v) is 4.98. The van der Waals surface area contributed by atoms with Crippen LogP contribution in [-0.4, -0.2) is 20.7 Å². The first-order chi connectivity index (χ1) is 7.03. The lowest BCUT2D eigenvalue weighted by Gasteiger charge is -2.05. The molecule has 0 spiro atoms. The first-order valence-corrected chi connectivity index (χ1v) is 6.10. The quantitative estimate of drug-likeness (QED) is 0.762. The topological polar surface area (TPSA) is 72.2 Å². The van der Waals surface area contributed by atoms with Gasteiger partial charge < -0.3 is 5.73 Å². The van der Waals surface area contributed by atoms with E-state index < -0.39 is 10.0 Å². The van der Waals surface area contributed by atoms with E-state index in [0.29, 0.717) is 5.56 Å². The van der Waals surface area contributed by atoms with Crippen LogP contribution in [0.3, 0.4) is 0 Å². The monoisotopic (exact) mass is 232 g/mol. The first kappa shape index (κ1) is 12.1. The molecule has 4 nitrogen and oxygen atoms in total. The molecule has 0 saturated carbocycles. The van der Waals surface area contributed by atoms with E-state index in [-0.39, 0.29) is 24.7 Å². The summed E-state index contributed by atoms with van der Waals surface area (Å²) >= 11 is 0. The third-order valence-corrected chi connectivity index (χ3v) is 3.15. The van der Waals surface area contributed by atoms with Gasteiger partial charge in [0, 0.05) is 13.1 Å². The first-order valence-electron chi connectivity index (χ1n) is 4.45. The summed E-state index contributed by atoms with van der Waals surface area (Å²) < 4.78 is 37.3. The molecule has 1 rings (SSSR count). The molecule has 1 aromatic carbocycles. The standard InChI is InChI=1S/C9H13FN2O2S/c10-9-3-1-8(2-4-9)7-12-15(13,14)6-5-11/h1-4,12H,5-7,11H2. The Bertz CT molecular complexity index is 403. The normalized spacial score (nSPS) is 11.6. The maximum absolute atomic E-state index is 12.5. The molecule has 1 aromatic rings. The van der Waals surface area contributed by atoms with Crippen molar-refractivity contribution in [3.05, 3.63) is 35.6 Å². The second kappa shape index (κ2) is 5.20. The van der Waals surface area contributed by atoms with E-state index in [2.05, 4.69) is 4.72 Å². The summed E-state index contributed by atoms with van der Waals surface area (Å²) in [5.41, 5.74) is 5.84. The highest BCUT2D eigenvalue weighted by Crippen LogP contribution is 2.02. The summed E-state index contributed by atoms with van der Waals surface area (Å²) in [6.45, 7) is 0.237. The van der Waals surface area contributed by atoms with E-state index in [1.54, 1.807) is 0 Å². The number of nitrogens with two attached hydrogens (primary N) is 1. The summed E-state index contributed by atoms with van der Waals surface area (Å²) in [5.74, 6) is -0.447. The molecule has 3 N–H and O–H groups in total. The molecular weight excluding hydrogens is 219 g/mol. The molecule has 6 heteroatoms. The highest BCUT2D eigenvalue weighted by Gasteiger charge is 2.07. The molecule has 0 bridgehead atoms. The minimum atomic E-state index is -3.31. The van der Waals surface area contributed by atoms with Crippen LogP contribution in [-0.2, 0) is 16.6 Å². The summed E-state index contributed by atoms with van der Waals surface area (Å²) in [6, 6.07) is 5.62. The predicted molar refractivity (Wildman–Crippen MR) is 56.1 cm³/mol. The van der Waals surface area contributed by atoms with Crippen LogP contribution in [0.4, 0.5) is 4.39 Å². The fraction of sp³-hybridized carbons (Fsp3) is 0.333. The van der Waals surface area contributed by atoms with Gasteiger partial charge in [-0.05, 0) is 17.7 Å². The van der Waals surface area contributed by atoms with Crippen molar-refractivity contribution in [1.29, 1.82) is 0 Å². The Morgan fingerprint density at radius 1 is 1.27 bits per heavy atom. The van der Waals surface area contributed by atoms with Gasteiger partial charge in [0.05, 0.1) is 5.75 Å². The molecule has 0 atom stereocenters. The van der Waals surface area contributed by atoms with Crippen molar-refractivity contribution < 1.29 is 12.8 Å². The van der Waals surface area contributed by atoms with Crippen LogP contribution in [0, 0.1) is 5.82 Å². The number of rotatable bonds is 5. The summed E-state index contributed by atoms with van der Waals surface area (Å²) in [4.78, 5) is 0. The van der Waals surface area contributed by atoms with Crippen molar-refractivity contribution in [2.75, 3.05) is 12.3 Å². The molecule has 84 valence electrons. The Balaban J connectivity index is 2.54. The van der Waals surface area contributed by atoms with Gasteiger partial charge in [0.25, 0.3) is 0 Å². The number of hydrogen-bond acceptors (Lipinski definition) is 3. The molecule has 0 unspecified atom stereocenters. The molecule has 0 aromatic heterocycles. The predicted octanol–water partition coefficient (Wildman–Crippen LogP) is 0.204. The van der Waals surface area contributed by atoms with Gasteiger partial charge in [-0.2, -0.15) is 0 Å². The van der Waals surface area contributed by atoms with Crippen molar-refractivity contribution >= 4 is 10.0 Å².